The molecule has 8 aromatic rings. The number of hydrogen-bond acceptors (Lipinski definition) is 0. The summed E-state index contributed by atoms with van der Waals surface area (Å²) < 4.78 is 1.11. The van der Waals surface area contributed by atoms with E-state index in [2.05, 4.69) is 192 Å². The Balaban J connectivity index is 1.14. The lowest BCUT2D eigenvalue weighted by Gasteiger charge is -2.31. The van der Waals surface area contributed by atoms with E-state index in [1.807, 2.05) is 0 Å². The molecule has 4 aliphatic carbocycles. The predicted molar refractivity (Wildman–Crippen MR) is 212 cm³/mol. The van der Waals surface area contributed by atoms with E-state index < -0.39 is 5.41 Å². The third kappa shape index (κ3) is 3.23. The minimum atomic E-state index is -0.394. The van der Waals surface area contributed by atoms with Gasteiger partial charge in [-0.1, -0.05) is 168 Å². The van der Waals surface area contributed by atoms with Crippen molar-refractivity contribution in [1.82, 2.24) is 0 Å². The fraction of sp³-hybridized carbons (Fsp3) is 0.0400. The Morgan fingerprint density at radius 2 is 0.529 bits per heavy atom. The van der Waals surface area contributed by atoms with E-state index in [0.29, 0.717) is 0 Å². The first-order valence-corrected chi connectivity index (χ1v) is 18.6. The molecule has 51 heavy (non-hydrogen) atoms. The highest BCUT2D eigenvalue weighted by atomic mass is 79.9. The van der Waals surface area contributed by atoms with Crippen LogP contribution in [0.5, 0.6) is 0 Å². The summed E-state index contributed by atoms with van der Waals surface area (Å²) in [4.78, 5) is 0. The Morgan fingerprint density at radius 1 is 0.255 bits per heavy atom. The number of benzene rings is 8. The third-order valence-electron chi connectivity index (χ3n) is 12.4. The lowest BCUT2D eigenvalue weighted by atomic mass is 9.69. The highest BCUT2D eigenvalue weighted by molar-refractivity contribution is 9.10. The molecule has 0 radical (unpaired) electrons. The van der Waals surface area contributed by atoms with Crippen LogP contribution in [-0.4, -0.2) is 0 Å². The zero-order valence-electron chi connectivity index (χ0n) is 27.6. The molecule has 0 N–H and O–H groups in total. The van der Waals surface area contributed by atoms with Gasteiger partial charge in [0.2, 0.25) is 0 Å². The maximum atomic E-state index is 3.86. The summed E-state index contributed by atoms with van der Waals surface area (Å²) in [7, 11) is 0. The van der Waals surface area contributed by atoms with E-state index in [1.165, 1.54) is 100 Å². The SMILES string of the molecule is Brc1ccc2c(c1)C1(c3ccccc3-c3ccccc31)c1cc(-c3ccc4c(c3)C3(c5ccccc5-c5ccccc53)c3ccccc3-4)ccc1-2. The van der Waals surface area contributed by atoms with Crippen molar-refractivity contribution >= 4 is 15.9 Å². The van der Waals surface area contributed by atoms with Gasteiger partial charge in [-0.2, -0.15) is 0 Å². The number of fused-ring (bicyclic) bond motifs is 20. The van der Waals surface area contributed by atoms with E-state index in [1.54, 1.807) is 0 Å². The summed E-state index contributed by atoms with van der Waals surface area (Å²) in [6.45, 7) is 0. The van der Waals surface area contributed by atoms with Gasteiger partial charge in [-0.25, -0.2) is 0 Å². The summed E-state index contributed by atoms with van der Waals surface area (Å²) in [6.07, 6.45) is 0. The normalized spacial score (nSPS) is 15.1. The maximum Gasteiger partial charge on any atom is 0.0726 e. The topological polar surface area (TPSA) is 0 Å². The van der Waals surface area contributed by atoms with Gasteiger partial charge in [0.05, 0.1) is 10.8 Å². The van der Waals surface area contributed by atoms with E-state index in [4.69, 9.17) is 0 Å². The molecule has 12 rings (SSSR count). The maximum absolute atomic E-state index is 3.86. The van der Waals surface area contributed by atoms with Crippen LogP contribution < -0.4 is 0 Å². The van der Waals surface area contributed by atoms with Gasteiger partial charge in [-0.3, -0.25) is 0 Å². The van der Waals surface area contributed by atoms with E-state index in [0.717, 1.165) is 4.47 Å². The molecule has 0 atom stereocenters. The second-order valence-corrected chi connectivity index (χ2v) is 15.4. The van der Waals surface area contributed by atoms with Crippen LogP contribution in [0.3, 0.4) is 0 Å². The molecule has 1 heteroatoms. The number of hydrogen-bond donors (Lipinski definition) is 0. The van der Waals surface area contributed by atoms with E-state index in [9.17, 15) is 0 Å². The molecule has 0 heterocycles. The Hall–Kier alpha value is -5.76. The molecule has 0 saturated heterocycles. The van der Waals surface area contributed by atoms with Gasteiger partial charge in [0.15, 0.2) is 0 Å². The zero-order chi connectivity index (χ0) is 33.5. The molecular weight excluding hydrogens is 680 g/mol. The molecule has 0 amide bonds. The van der Waals surface area contributed by atoms with Crippen molar-refractivity contribution in [3.05, 3.63) is 225 Å². The number of rotatable bonds is 1. The fourth-order valence-corrected chi connectivity index (χ4v) is 10.9. The van der Waals surface area contributed by atoms with Gasteiger partial charge in [0, 0.05) is 4.47 Å². The molecular formula is C50H29Br. The second kappa shape index (κ2) is 9.72. The summed E-state index contributed by atoms with van der Waals surface area (Å²) >= 11 is 3.86. The quantitative estimate of drug-likeness (QED) is 0.159. The highest BCUT2D eigenvalue weighted by Crippen LogP contribution is 2.65. The van der Waals surface area contributed by atoms with Crippen molar-refractivity contribution in [2.75, 3.05) is 0 Å². The molecule has 0 fully saturated rings. The molecule has 4 aliphatic rings. The fourth-order valence-electron chi connectivity index (χ4n) is 10.6. The molecule has 0 saturated carbocycles. The van der Waals surface area contributed by atoms with Crippen LogP contribution in [0.2, 0.25) is 0 Å². The van der Waals surface area contributed by atoms with Crippen LogP contribution in [-0.2, 0) is 10.8 Å². The minimum Gasteiger partial charge on any atom is -0.0619 e. The van der Waals surface area contributed by atoms with E-state index >= 15 is 0 Å². The Bertz CT molecular complexity index is 2730. The minimum absolute atomic E-state index is 0.362. The predicted octanol–water partition coefficient (Wildman–Crippen LogP) is 12.8. The monoisotopic (exact) mass is 708 g/mol. The Kier molecular flexibility index (Phi) is 5.34. The average Bonchev–Trinajstić information content (AvgIpc) is 3.86. The van der Waals surface area contributed by atoms with Crippen molar-refractivity contribution in [1.29, 1.82) is 0 Å². The smallest absolute Gasteiger partial charge is 0.0619 e. The van der Waals surface area contributed by atoms with E-state index in [-0.39, 0.29) is 5.41 Å². The molecule has 0 nitrogen and oxygen atoms in total. The van der Waals surface area contributed by atoms with Crippen molar-refractivity contribution in [2.45, 2.75) is 10.8 Å². The standard InChI is InChI=1S/C50H29Br/c51-32-23-26-40-39-25-22-31(28-47(39)50(48(40)29-32)44-19-9-3-13-35(44)36-14-4-10-20-45(36)50)30-21-24-38-37-15-5-8-18-43(37)49(46(38)27-30)41-16-6-1-11-33(41)34-12-2-7-17-42(34)49/h1-29H. The van der Waals surface area contributed by atoms with Crippen LogP contribution in [0.4, 0.5) is 0 Å². The van der Waals surface area contributed by atoms with Crippen LogP contribution in [0.1, 0.15) is 44.5 Å². The van der Waals surface area contributed by atoms with Crippen molar-refractivity contribution in [3.8, 4) is 55.6 Å². The summed E-state index contributed by atoms with van der Waals surface area (Å²) in [6, 6.07) is 66.6. The van der Waals surface area contributed by atoms with Crippen LogP contribution in [0, 0.1) is 0 Å². The van der Waals surface area contributed by atoms with Gasteiger partial charge in [-0.15, -0.1) is 0 Å². The van der Waals surface area contributed by atoms with Crippen LogP contribution in [0.15, 0.2) is 180 Å². The van der Waals surface area contributed by atoms with Gasteiger partial charge in [0.25, 0.3) is 0 Å². The summed E-state index contributed by atoms with van der Waals surface area (Å²) in [5.41, 5.74) is 23.3. The second-order valence-electron chi connectivity index (χ2n) is 14.4. The van der Waals surface area contributed by atoms with Gasteiger partial charge < -0.3 is 0 Å². The van der Waals surface area contributed by atoms with Gasteiger partial charge in [0.1, 0.15) is 0 Å². The average molecular weight is 710 g/mol. The summed E-state index contributed by atoms with van der Waals surface area (Å²) in [5.74, 6) is 0. The summed E-state index contributed by atoms with van der Waals surface area (Å²) in [5, 5.41) is 0. The van der Waals surface area contributed by atoms with Crippen molar-refractivity contribution in [3.63, 3.8) is 0 Å². The van der Waals surface area contributed by atoms with Crippen LogP contribution >= 0.6 is 15.9 Å². The zero-order valence-corrected chi connectivity index (χ0v) is 29.2. The lowest BCUT2D eigenvalue weighted by Crippen LogP contribution is -2.26. The van der Waals surface area contributed by atoms with Crippen LogP contribution in [0.25, 0.3) is 55.6 Å². The van der Waals surface area contributed by atoms with Gasteiger partial charge in [-0.05, 0) is 124 Å². The van der Waals surface area contributed by atoms with Crippen molar-refractivity contribution in [2.24, 2.45) is 0 Å². The first-order valence-electron chi connectivity index (χ1n) is 17.8. The molecule has 236 valence electrons. The van der Waals surface area contributed by atoms with Gasteiger partial charge >= 0.3 is 0 Å². The molecule has 2 spiro atoms. The first-order chi connectivity index (χ1) is 25.2. The number of halogens is 1. The first kappa shape index (κ1) is 28.0. The van der Waals surface area contributed by atoms with Crippen molar-refractivity contribution < 1.29 is 0 Å². The lowest BCUT2D eigenvalue weighted by molar-refractivity contribution is 0.792. The largest absolute Gasteiger partial charge is 0.0726 e. The third-order valence-corrected chi connectivity index (χ3v) is 12.9. The highest BCUT2D eigenvalue weighted by Gasteiger charge is 2.53. The molecule has 0 aliphatic heterocycles. The molecule has 0 aromatic heterocycles. The molecule has 0 unspecified atom stereocenters. The Labute approximate surface area is 305 Å². The molecule has 8 aromatic carbocycles. The Morgan fingerprint density at radius 3 is 0.902 bits per heavy atom. The molecule has 0 bridgehead atoms.